The van der Waals surface area contributed by atoms with E-state index in [1.165, 1.54) is 28.7 Å². The van der Waals surface area contributed by atoms with Gasteiger partial charge in [-0.25, -0.2) is 5.43 Å². The highest BCUT2D eigenvalue weighted by Crippen LogP contribution is 2.22. The quantitative estimate of drug-likeness (QED) is 0.633. The van der Waals surface area contributed by atoms with Crippen LogP contribution in [0.5, 0.6) is 0 Å². The summed E-state index contributed by atoms with van der Waals surface area (Å²) in [5.74, 6) is 5.73. The lowest BCUT2D eigenvalue weighted by molar-refractivity contribution is 0.636. The molecule has 19 heavy (non-hydrogen) atoms. The molecule has 2 aromatic carbocycles. The van der Waals surface area contributed by atoms with Gasteiger partial charge in [0, 0.05) is 0 Å². The Labute approximate surface area is 115 Å². The summed E-state index contributed by atoms with van der Waals surface area (Å²) in [6, 6.07) is 17.2. The van der Waals surface area contributed by atoms with Crippen molar-refractivity contribution in [3.05, 3.63) is 70.8 Å². The van der Waals surface area contributed by atoms with Crippen LogP contribution in [-0.4, -0.2) is 0 Å². The second-order valence-corrected chi connectivity index (χ2v) is 5.01. The van der Waals surface area contributed by atoms with Crippen LogP contribution in [0.2, 0.25) is 0 Å². The van der Waals surface area contributed by atoms with E-state index in [1.54, 1.807) is 0 Å². The molecule has 0 aliphatic rings. The van der Waals surface area contributed by atoms with Crippen molar-refractivity contribution in [1.82, 2.24) is 5.43 Å². The van der Waals surface area contributed by atoms with Crippen LogP contribution in [0, 0.1) is 6.92 Å². The van der Waals surface area contributed by atoms with Crippen LogP contribution in [0.1, 0.15) is 41.6 Å². The average Bonchev–Trinajstić information content (AvgIpc) is 2.42. The third-order valence-corrected chi connectivity index (χ3v) is 3.39. The van der Waals surface area contributed by atoms with Gasteiger partial charge in [0.1, 0.15) is 0 Å². The molecule has 0 radical (unpaired) electrons. The Kier molecular flexibility index (Phi) is 4.72. The van der Waals surface area contributed by atoms with Gasteiger partial charge >= 0.3 is 0 Å². The Bertz CT molecular complexity index is 517. The van der Waals surface area contributed by atoms with Crippen molar-refractivity contribution in [3.63, 3.8) is 0 Å². The minimum absolute atomic E-state index is 0.0515. The Morgan fingerprint density at radius 3 is 2.37 bits per heavy atom. The van der Waals surface area contributed by atoms with Crippen molar-refractivity contribution >= 4 is 0 Å². The fraction of sp³-hybridized carbons (Fsp3) is 0.294. The molecule has 0 aliphatic heterocycles. The number of benzene rings is 2. The molecular formula is C17H22N2. The minimum Gasteiger partial charge on any atom is -0.271 e. The Morgan fingerprint density at radius 1 is 1.05 bits per heavy atom. The largest absolute Gasteiger partial charge is 0.271 e. The summed E-state index contributed by atoms with van der Waals surface area (Å²) in [5.41, 5.74) is 7.95. The van der Waals surface area contributed by atoms with E-state index in [-0.39, 0.29) is 6.04 Å². The molecule has 2 aromatic rings. The van der Waals surface area contributed by atoms with E-state index in [9.17, 15) is 0 Å². The first kappa shape index (κ1) is 13.8. The smallest absolute Gasteiger partial charge is 0.0710 e. The monoisotopic (exact) mass is 254 g/mol. The number of aryl methyl sites for hydroxylation is 2. The molecular weight excluding hydrogens is 232 g/mol. The van der Waals surface area contributed by atoms with Crippen molar-refractivity contribution in [1.29, 1.82) is 0 Å². The van der Waals surface area contributed by atoms with E-state index < -0.39 is 0 Å². The lowest BCUT2D eigenvalue weighted by Gasteiger charge is -2.17. The number of nitrogens with one attached hydrogen (secondary N) is 1. The van der Waals surface area contributed by atoms with E-state index in [0.29, 0.717) is 0 Å². The van der Waals surface area contributed by atoms with Gasteiger partial charge in [-0.2, -0.15) is 0 Å². The van der Waals surface area contributed by atoms with E-state index in [1.807, 2.05) is 0 Å². The summed E-state index contributed by atoms with van der Waals surface area (Å²) in [6.07, 6.45) is 2.31. The molecule has 2 rings (SSSR count). The molecule has 2 nitrogen and oxygen atoms in total. The van der Waals surface area contributed by atoms with Gasteiger partial charge in [0.05, 0.1) is 6.04 Å². The molecule has 0 spiro atoms. The first-order chi connectivity index (χ1) is 9.24. The van der Waals surface area contributed by atoms with Gasteiger partial charge in [-0.1, -0.05) is 67.4 Å². The van der Waals surface area contributed by atoms with Gasteiger partial charge in [-0.3, -0.25) is 5.84 Å². The van der Waals surface area contributed by atoms with E-state index in [4.69, 9.17) is 5.84 Å². The molecule has 0 aliphatic carbocycles. The maximum Gasteiger partial charge on any atom is 0.0710 e. The zero-order valence-corrected chi connectivity index (χ0v) is 11.7. The van der Waals surface area contributed by atoms with Crippen molar-refractivity contribution in [2.45, 2.75) is 32.7 Å². The summed E-state index contributed by atoms with van der Waals surface area (Å²) in [4.78, 5) is 0. The second-order valence-electron chi connectivity index (χ2n) is 5.01. The van der Waals surface area contributed by atoms with E-state index in [2.05, 4.69) is 67.8 Å². The summed E-state index contributed by atoms with van der Waals surface area (Å²) in [7, 11) is 0. The van der Waals surface area contributed by atoms with Gasteiger partial charge in [-0.15, -0.1) is 0 Å². The fourth-order valence-corrected chi connectivity index (χ4v) is 2.40. The standard InChI is InChI=1S/C17H22N2/c1-3-5-14-8-10-15(11-9-14)17(19-18)16-7-4-6-13(2)12-16/h4,6-12,17,19H,3,5,18H2,1-2H3. The Hall–Kier alpha value is -1.64. The summed E-state index contributed by atoms with van der Waals surface area (Å²) in [5, 5.41) is 0. The van der Waals surface area contributed by atoms with Crippen LogP contribution < -0.4 is 11.3 Å². The normalized spacial score (nSPS) is 12.4. The molecule has 3 N–H and O–H groups in total. The number of hydrogen-bond donors (Lipinski definition) is 2. The van der Waals surface area contributed by atoms with E-state index >= 15 is 0 Å². The van der Waals surface area contributed by atoms with Gasteiger partial charge in [0.2, 0.25) is 0 Å². The summed E-state index contributed by atoms with van der Waals surface area (Å²) >= 11 is 0. The zero-order chi connectivity index (χ0) is 13.7. The molecule has 1 unspecified atom stereocenters. The average molecular weight is 254 g/mol. The Balaban J connectivity index is 2.26. The van der Waals surface area contributed by atoms with Crippen LogP contribution in [0.15, 0.2) is 48.5 Å². The molecule has 0 saturated carbocycles. The number of hydrazine groups is 1. The van der Waals surface area contributed by atoms with Crippen molar-refractivity contribution < 1.29 is 0 Å². The molecule has 1 atom stereocenters. The first-order valence-corrected chi connectivity index (χ1v) is 6.86. The minimum atomic E-state index is 0.0515. The highest BCUT2D eigenvalue weighted by atomic mass is 15.2. The van der Waals surface area contributed by atoms with Gasteiger partial charge in [0.25, 0.3) is 0 Å². The lowest BCUT2D eigenvalue weighted by Crippen LogP contribution is -2.28. The predicted octanol–water partition coefficient (Wildman–Crippen LogP) is 3.50. The second kappa shape index (κ2) is 6.50. The number of rotatable bonds is 5. The topological polar surface area (TPSA) is 38.0 Å². The number of nitrogens with two attached hydrogens (primary N) is 1. The summed E-state index contributed by atoms with van der Waals surface area (Å²) < 4.78 is 0. The van der Waals surface area contributed by atoms with Crippen LogP contribution in [0.4, 0.5) is 0 Å². The molecule has 0 heterocycles. The fourth-order valence-electron chi connectivity index (χ4n) is 2.40. The van der Waals surface area contributed by atoms with Gasteiger partial charge < -0.3 is 0 Å². The molecule has 0 amide bonds. The molecule has 100 valence electrons. The molecule has 2 heteroatoms. The third-order valence-electron chi connectivity index (χ3n) is 3.39. The highest BCUT2D eigenvalue weighted by molar-refractivity contribution is 5.35. The molecule has 0 saturated heterocycles. The van der Waals surface area contributed by atoms with Crippen molar-refractivity contribution in [3.8, 4) is 0 Å². The molecule has 0 fully saturated rings. The third kappa shape index (κ3) is 3.43. The summed E-state index contributed by atoms with van der Waals surface area (Å²) in [6.45, 7) is 4.30. The van der Waals surface area contributed by atoms with Gasteiger partial charge in [0.15, 0.2) is 0 Å². The maximum absolute atomic E-state index is 5.73. The van der Waals surface area contributed by atoms with Crippen LogP contribution in [-0.2, 0) is 6.42 Å². The lowest BCUT2D eigenvalue weighted by atomic mass is 9.96. The van der Waals surface area contributed by atoms with Crippen LogP contribution in [0.25, 0.3) is 0 Å². The maximum atomic E-state index is 5.73. The number of hydrogen-bond acceptors (Lipinski definition) is 2. The SMILES string of the molecule is CCCc1ccc(C(NN)c2cccc(C)c2)cc1. The van der Waals surface area contributed by atoms with Crippen molar-refractivity contribution in [2.24, 2.45) is 5.84 Å². The van der Waals surface area contributed by atoms with Crippen LogP contribution >= 0.6 is 0 Å². The van der Waals surface area contributed by atoms with Gasteiger partial charge in [-0.05, 0) is 30.0 Å². The predicted molar refractivity (Wildman–Crippen MR) is 80.8 cm³/mol. The molecule has 0 bridgehead atoms. The van der Waals surface area contributed by atoms with E-state index in [0.717, 1.165) is 6.42 Å². The van der Waals surface area contributed by atoms with Crippen LogP contribution in [0.3, 0.4) is 0 Å². The highest BCUT2D eigenvalue weighted by Gasteiger charge is 2.12. The first-order valence-electron chi connectivity index (χ1n) is 6.86. The zero-order valence-electron chi connectivity index (χ0n) is 11.7. The Morgan fingerprint density at radius 2 is 1.79 bits per heavy atom. The molecule has 0 aromatic heterocycles. The van der Waals surface area contributed by atoms with Crippen molar-refractivity contribution in [2.75, 3.05) is 0 Å².